The van der Waals surface area contributed by atoms with Crippen molar-refractivity contribution in [2.24, 2.45) is 5.73 Å². The maximum Gasteiger partial charge on any atom is 0.340 e. The lowest BCUT2D eigenvalue weighted by atomic mass is 10.1. The highest BCUT2D eigenvalue weighted by molar-refractivity contribution is 9.10. The van der Waals surface area contributed by atoms with Crippen LogP contribution in [-0.4, -0.2) is 13.1 Å². The zero-order valence-electron chi connectivity index (χ0n) is 7.71. The van der Waals surface area contributed by atoms with Gasteiger partial charge in [0.15, 0.2) is 0 Å². The fourth-order valence-corrected chi connectivity index (χ4v) is 1.63. The summed E-state index contributed by atoms with van der Waals surface area (Å²) < 4.78 is 5.35. The molecule has 0 aliphatic rings. The number of carbonyl (C=O) groups is 1. The van der Waals surface area contributed by atoms with Crippen LogP contribution in [0.25, 0.3) is 0 Å². The van der Waals surface area contributed by atoms with Gasteiger partial charge in [-0.1, -0.05) is 15.9 Å². The molecule has 0 aliphatic heterocycles. The summed E-state index contributed by atoms with van der Waals surface area (Å²) in [5.41, 5.74) is 12.6. The largest absolute Gasteiger partial charge is 0.465 e. The summed E-state index contributed by atoms with van der Waals surface area (Å²) in [5, 5.41) is 0. The molecule has 0 amide bonds. The van der Waals surface area contributed by atoms with Gasteiger partial charge in [0.2, 0.25) is 0 Å². The summed E-state index contributed by atoms with van der Waals surface area (Å²) in [4.78, 5) is 11.3. The van der Waals surface area contributed by atoms with E-state index in [4.69, 9.17) is 11.5 Å². The Hall–Kier alpha value is -1.07. The molecule has 0 bridgehead atoms. The Labute approximate surface area is 90.3 Å². The summed E-state index contributed by atoms with van der Waals surface area (Å²) in [5.74, 6) is -0.460. The van der Waals surface area contributed by atoms with Crippen molar-refractivity contribution >= 4 is 27.6 Å². The molecule has 4 N–H and O–H groups in total. The van der Waals surface area contributed by atoms with E-state index >= 15 is 0 Å². The van der Waals surface area contributed by atoms with E-state index < -0.39 is 5.97 Å². The fourth-order valence-electron chi connectivity index (χ4n) is 1.12. The third-order valence-electron chi connectivity index (χ3n) is 1.86. The second-order valence-electron chi connectivity index (χ2n) is 2.72. The highest BCUT2D eigenvalue weighted by Crippen LogP contribution is 2.24. The maximum absolute atomic E-state index is 11.3. The molecule has 1 aromatic rings. The van der Waals surface area contributed by atoms with Crippen LogP contribution in [-0.2, 0) is 11.3 Å². The van der Waals surface area contributed by atoms with E-state index in [0.29, 0.717) is 11.3 Å². The van der Waals surface area contributed by atoms with E-state index in [0.717, 1.165) is 10.0 Å². The highest BCUT2D eigenvalue weighted by Gasteiger charge is 2.13. The van der Waals surface area contributed by atoms with Crippen LogP contribution in [0.2, 0.25) is 0 Å². The number of ether oxygens (including phenoxy) is 1. The lowest BCUT2D eigenvalue weighted by molar-refractivity contribution is 0.0602. The van der Waals surface area contributed by atoms with Gasteiger partial charge in [-0.3, -0.25) is 0 Å². The predicted molar refractivity (Wildman–Crippen MR) is 57.8 cm³/mol. The van der Waals surface area contributed by atoms with Gasteiger partial charge in [0.25, 0.3) is 0 Å². The van der Waals surface area contributed by atoms with Crippen molar-refractivity contribution in [1.29, 1.82) is 0 Å². The summed E-state index contributed by atoms with van der Waals surface area (Å²) in [6.07, 6.45) is 0. The molecule has 0 saturated carbocycles. The second kappa shape index (κ2) is 4.43. The van der Waals surface area contributed by atoms with Crippen LogP contribution in [0.15, 0.2) is 16.6 Å². The third kappa shape index (κ3) is 2.05. The average Bonchev–Trinajstić information content (AvgIpc) is 2.19. The van der Waals surface area contributed by atoms with E-state index in [-0.39, 0.29) is 6.54 Å². The number of halogens is 1. The summed E-state index contributed by atoms with van der Waals surface area (Å²) in [6, 6.07) is 3.39. The van der Waals surface area contributed by atoms with Crippen molar-refractivity contribution in [1.82, 2.24) is 0 Å². The number of benzene rings is 1. The number of carbonyl (C=O) groups excluding carboxylic acids is 1. The Morgan fingerprint density at radius 2 is 2.21 bits per heavy atom. The quantitative estimate of drug-likeness (QED) is 0.619. The zero-order valence-corrected chi connectivity index (χ0v) is 9.30. The van der Waals surface area contributed by atoms with E-state index in [1.807, 2.05) is 0 Å². The first kappa shape index (κ1) is 11.0. The van der Waals surface area contributed by atoms with Gasteiger partial charge >= 0.3 is 5.97 Å². The molecule has 4 nitrogen and oxygen atoms in total. The lowest BCUT2D eigenvalue weighted by Crippen LogP contribution is -2.10. The molecule has 0 radical (unpaired) electrons. The van der Waals surface area contributed by atoms with E-state index in [2.05, 4.69) is 20.7 Å². The van der Waals surface area contributed by atoms with Gasteiger partial charge < -0.3 is 16.2 Å². The van der Waals surface area contributed by atoms with Crippen LogP contribution in [0.1, 0.15) is 15.9 Å². The normalized spacial score (nSPS) is 9.93. The predicted octanol–water partition coefficient (Wildman–Crippen LogP) is 1.28. The van der Waals surface area contributed by atoms with Crippen molar-refractivity contribution in [3.63, 3.8) is 0 Å². The van der Waals surface area contributed by atoms with Crippen LogP contribution >= 0.6 is 15.9 Å². The summed E-state index contributed by atoms with van der Waals surface area (Å²) in [6.45, 7) is 0.287. The molecule has 0 aromatic heterocycles. The first-order valence-electron chi connectivity index (χ1n) is 3.96. The Balaban J connectivity index is 3.29. The molecule has 76 valence electrons. The standard InChI is InChI=1S/C9H11BrN2O2/c1-14-9(13)7-3-6(10)2-5(4-11)8(7)12/h2-3H,4,11-12H2,1H3. The van der Waals surface area contributed by atoms with E-state index in [9.17, 15) is 4.79 Å². The number of esters is 1. The minimum atomic E-state index is -0.460. The van der Waals surface area contributed by atoms with Crippen LogP contribution in [0, 0.1) is 0 Å². The van der Waals surface area contributed by atoms with Crippen LogP contribution in [0.3, 0.4) is 0 Å². The molecule has 1 rings (SSSR count). The molecule has 0 spiro atoms. The van der Waals surface area contributed by atoms with Gasteiger partial charge in [0.1, 0.15) is 0 Å². The molecule has 0 fully saturated rings. The topological polar surface area (TPSA) is 78.3 Å². The first-order valence-corrected chi connectivity index (χ1v) is 4.75. The molecular formula is C9H11BrN2O2. The molecular weight excluding hydrogens is 248 g/mol. The van der Waals surface area contributed by atoms with Crippen LogP contribution in [0.5, 0.6) is 0 Å². The van der Waals surface area contributed by atoms with Crippen molar-refractivity contribution in [3.8, 4) is 0 Å². The fraction of sp³-hybridized carbons (Fsp3) is 0.222. The Kier molecular flexibility index (Phi) is 3.49. The SMILES string of the molecule is COC(=O)c1cc(Br)cc(CN)c1N. The zero-order chi connectivity index (χ0) is 10.7. The van der Waals surface area contributed by atoms with E-state index in [1.54, 1.807) is 12.1 Å². The van der Waals surface area contributed by atoms with Crippen molar-refractivity contribution in [2.45, 2.75) is 6.54 Å². The number of rotatable bonds is 2. The maximum atomic E-state index is 11.3. The van der Waals surface area contributed by atoms with Gasteiger partial charge in [0, 0.05) is 11.0 Å². The molecule has 0 unspecified atom stereocenters. The molecule has 0 heterocycles. The van der Waals surface area contributed by atoms with E-state index in [1.165, 1.54) is 7.11 Å². The molecule has 14 heavy (non-hydrogen) atoms. The minimum Gasteiger partial charge on any atom is -0.465 e. The van der Waals surface area contributed by atoms with Crippen LogP contribution < -0.4 is 11.5 Å². The number of anilines is 1. The highest BCUT2D eigenvalue weighted by atomic mass is 79.9. The minimum absolute atomic E-state index is 0.287. The monoisotopic (exact) mass is 258 g/mol. The lowest BCUT2D eigenvalue weighted by Gasteiger charge is -2.08. The van der Waals surface area contributed by atoms with Crippen molar-refractivity contribution in [3.05, 3.63) is 27.7 Å². The Bertz CT molecular complexity index is 366. The number of nitrogen functional groups attached to an aromatic ring is 1. The van der Waals surface area contributed by atoms with Gasteiger partial charge in [-0.2, -0.15) is 0 Å². The summed E-state index contributed by atoms with van der Waals surface area (Å²) in [7, 11) is 1.31. The molecule has 1 aromatic carbocycles. The number of hydrogen-bond donors (Lipinski definition) is 2. The van der Waals surface area contributed by atoms with Crippen LogP contribution in [0.4, 0.5) is 5.69 Å². The van der Waals surface area contributed by atoms with Gasteiger partial charge in [-0.05, 0) is 17.7 Å². The van der Waals surface area contributed by atoms with Crippen molar-refractivity contribution in [2.75, 3.05) is 12.8 Å². The first-order chi connectivity index (χ1) is 6.60. The smallest absolute Gasteiger partial charge is 0.340 e. The van der Waals surface area contributed by atoms with Gasteiger partial charge in [0.05, 0.1) is 18.4 Å². The number of hydrogen-bond acceptors (Lipinski definition) is 4. The average molecular weight is 259 g/mol. The number of nitrogens with two attached hydrogens (primary N) is 2. The van der Waals surface area contributed by atoms with Crippen molar-refractivity contribution < 1.29 is 9.53 Å². The van der Waals surface area contributed by atoms with Gasteiger partial charge in [-0.15, -0.1) is 0 Å². The molecule has 0 saturated heterocycles. The molecule has 5 heteroatoms. The third-order valence-corrected chi connectivity index (χ3v) is 2.31. The Morgan fingerprint density at radius 1 is 1.57 bits per heavy atom. The summed E-state index contributed by atoms with van der Waals surface area (Å²) >= 11 is 3.27. The Morgan fingerprint density at radius 3 is 2.71 bits per heavy atom. The van der Waals surface area contributed by atoms with Gasteiger partial charge in [-0.25, -0.2) is 4.79 Å². The molecule has 0 atom stereocenters. The number of methoxy groups -OCH3 is 1. The molecule has 0 aliphatic carbocycles. The second-order valence-corrected chi connectivity index (χ2v) is 3.64.